The summed E-state index contributed by atoms with van der Waals surface area (Å²) < 4.78 is 41.5. The lowest BCUT2D eigenvalue weighted by Gasteiger charge is -2.25. The van der Waals surface area contributed by atoms with Crippen molar-refractivity contribution in [2.45, 2.75) is 6.42 Å². The molecule has 2 aromatic rings. The summed E-state index contributed by atoms with van der Waals surface area (Å²) in [5.74, 6) is 1.19. The van der Waals surface area contributed by atoms with Crippen LogP contribution < -0.4 is 24.2 Å². The molecule has 0 aromatic heterocycles. The number of carbonyl (C=O) groups is 1. The first-order valence-electron chi connectivity index (χ1n) is 8.55. The molecule has 28 heavy (non-hydrogen) atoms. The van der Waals surface area contributed by atoms with Crippen molar-refractivity contribution in [3.63, 3.8) is 0 Å². The van der Waals surface area contributed by atoms with Gasteiger partial charge in [0.25, 0.3) is 0 Å². The third kappa shape index (κ3) is 4.66. The number of sulfonamides is 1. The number of amides is 1. The lowest BCUT2D eigenvalue weighted by molar-refractivity contribution is -0.121. The van der Waals surface area contributed by atoms with E-state index in [4.69, 9.17) is 14.2 Å². The van der Waals surface area contributed by atoms with E-state index in [1.54, 1.807) is 25.3 Å². The lowest BCUT2D eigenvalue weighted by Crippen LogP contribution is -2.32. The zero-order chi connectivity index (χ0) is 20.3. The second kappa shape index (κ2) is 7.97. The molecule has 0 saturated carbocycles. The maximum Gasteiger partial charge on any atom is 0.231 e. The number of carbonyl (C=O) groups excluding carboxylic acids is 1. The van der Waals surface area contributed by atoms with Crippen molar-refractivity contribution >= 4 is 27.3 Å². The largest absolute Gasteiger partial charge is 0.497 e. The summed E-state index contributed by atoms with van der Waals surface area (Å²) >= 11 is 0. The third-order valence-electron chi connectivity index (χ3n) is 4.31. The Bertz CT molecular complexity index is 990. The fourth-order valence-corrected chi connectivity index (χ4v) is 3.52. The number of fused-ring (bicyclic) bond motifs is 1. The molecule has 2 N–H and O–H groups in total. The summed E-state index contributed by atoms with van der Waals surface area (Å²) in [6.07, 6.45) is 1.58. The Balaban J connectivity index is 1.73. The number of rotatable bonds is 6. The number of hydrogen-bond acceptors (Lipinski definition) is 6. The van der Waals surface area contributed by atoms with Crippen molar-refractivity contribution in [2.75, 3.05) is 37.1 Å². The first kappa shape index (κ1) is 19.8. The fraction of sp³-hybridized carbons (Fsp3) is 0.316. The van der Waals surface area contributed by atoms with Gasteiger partial charge in [0.15, 0.2) is 0 Å². The van der Waals surface area contributed by atoms with E-state index in [1.807, 2.05) is 12.1 Å². The smallest absolute Gasteiger partial charge is 0.231 e. The zero-order valence-corrected chi connectivity index (χ0v) is 16.6. The zero-order valence-electron chi connectivity index (χ0n) is 15.8. The summed E-state index contributed by atoms with van der Waals surface area (Å²) in [4.78, 5) is 12.7. The maximum atomic E-state index is 12.7. The molecule has 8 nitrogen and oxygen atoms in total. The van der Waals surface area contributed by atoms with E-state index in [9.17, 15) is 13.2 Å². The van der Waals surface area contributed by atoms with Crippen LogP contribution in [0.15, 0.2) is 36.4 Å². The van der Waals surface area contributed by atoms with E-state index < -0.39 is 10.0 Å². The molecule has 0 bridgehead atoms. The minimum atomic E-state index is -3.49. The number of ether oxygens (including phenoxy) is 3. The van der Waals surface area contributed by atoms with Crippen LogP contribution in [0.4, 0.5) is 11.4 Å². The molecule has 3 rings (SSSR count). The molecule has 0 aliphatic carbocycles. The maximum absolute atomic E-state index is 12.7. The van der Waals surface area contributed by atoms with Crippen molar-refractivity contribution in [1.82, 2.24) is 0 Å². The van der Waals surface area contributed by atoms with Crippen LogP contribution in [0.1, 0.15) is 5.56 Å². The van der Waals surface area contributed by atoms with Crippen LogP contribution in [0.25, 0.3) is 0 Å². The molecule has 9 heteroatoms. The number of anilines is 2. The van der Waals surface area contributed by atoms with Gasteiger partial charge < -0.3 is 19.5 Å². The Kier molecular flexibility index (Phi) is 5.64. The van der Waals surface area contributed by atoms with Crippen LogP contribution in [0, 0.1) is 5.92 Å². The first-order valence-corrected chi connectivity index (χ1v) is 10.4. The minimum Gasteiger partial charge on any atom is -0.497 e. The van der Waals surface area contributed by atoms with E-state index in [1.165, 1.54) is 13.2 Å². The van der Waals surface area contributed by atoms with Gasteiger partial charge in [-0.15, -0.1) is 0 Å². The summed E-state index contributed by atoms with van der Waals surface area (Å²) in [5, 5.41) is 2.81. The average Bonchev–Trinajstić information content (AvgIpc) is 2.66. The van der Waals surface area contributed by atoms with Crippen LogP contribution >= 0.6 is 0 Å². The van der Waals surface area contributed by atoms with Gasteiger partial charge in [-0.2, -0.15) is 0 Å². The topological polar surface area (TPSA) is 103 Å². The Morgan fingerprint density at radius 2 is 1.93 bits per heavy atom. The van der Waals surface area contributed by atoms with Gasteiger partial charge in [0, 0.05) is 11.8 Å². The predicted molar refractivity (Wildman–Crippen MR) is 106 cm³/mol. The van der Waals surface area contributed by atoms with Crippen molar-refractivity contribution in [3.05, 3.63) is 42.0 Å². The van der Waals surface area contributed by atoms with Gasteiger partial charge in [-0.25, -0.2) is 8.42 Å². The summed E-state index contributed by atoms with van der Waals surface area (Å²) in [7, 11) is -0.464. The number of nitrogens with one attached hydrogen (secondary N) is 2. The van der Waals surface area contributed by atoms with Crippen molar-refractivity contribution < 1.29 is 27.4 Å². The molecule has 1 atom stereocenters. The van der Waals surface area contributed by atoms with E-state index >= 15 is 0 Å². The van der Waals surface area contributed by atoms with E-state index in [2.05, 4.69) is 10.0 Å². The molecule has 0 fully saturated rings. The molecular weight excluding hydrogens is 384 g/mol. The molecule has 0 spiro atoms. The van der Waals surface area contributed by atoms with Crippen LogP contribution in [0.2, 0.25) is 0 Å². The van der Waals surface area contributed by atoms with Crippen LogP contribution in [-0.2, 0) is 21.2 Å². The summed E-state index contributed by atoms with van der Waals surface area (Å²) in [6, 6.07) is 10.3. The highest BCUT2D eigenvalue weighted by Gasteiger charge is 2.26. The number of hydrogen-bond donors (Lipinski definition) is 2. The lowest BCUT2D eigenvalue weighted by atomic mass is 9.95. The van der Waals surface area contributed by atoms with Gasteiger partial charge in [-0.1, -0.05) is 6.07 Å². The molecule has 150 valence electrons. The molecule has 0 radical (unpaired) electrons. The van der Waals surface area contributed by atoms with E-state index in [-0.39, 0.29) is 24.1 Å². The first-order chi connectivity index (χ1) is 13.3. The standard InChI is InChI=1S/C19H22N2O6S/c1-25-15-6-4-12-8-13(11-27-18(12)10-15)19(22)20-14-5-7-17(26-2)16(9-14)21-28(3,23)24/h4-7,9-10,13,21H,8,11H2,1-3H3,(H,20,22)/t13-/m0/s1. The van der Waals surface area contributed by atoms with Gasteiger partial charge in [0.2, 0.25) is 15.9 Å². The van der Waals surface area contributed by atoms with Gasteiger partial charge in [-0.3, -0.25) is 9.52 Å². The second-order valence-corrected chi connectivity index (χ2v) is 8.21. The molecular formula is C19H22N2O6S. The van der Waals surface area contributed by atoms with E-state index in [0.717, 1.165) is 11.8 Å². The Labute approximate surface area is 163 Å². The monoisotopic (exact) mass is 406 g/mol. The van der Waals surface area contributed by atoms with E-state index in [0.29, 0.717) is 29.4 Å². The van der Waals surface area contributed by atoms with Gasteiger partial charge in [0.1, 0.15) is 23.9 Å². The van der Waals surface area contributed by atoms with Crippen molar-refractivity contribution in [3.8, 4) is 17.2 Å². The highest BCUT2D eigenvalue weighted by atomic mass is 32.2. The highest BCUT2D eigenvalue weighted by molar-refractivity contribution is 7.92. The van der Waals surface area contributed by atoms with Gasteiger partial charge >= 0.3 is 0 Å². The van der Waals surface area contributed by atoms with Crippen LogP contribution in [0.3, 0.4) is 0 Å². The third-order valence-corrected chi connectivity index (χ3v) is 4.90. The second-order valence-electron chi connectivity index (χ2n) is 6.46. The predicted octanol–water partition coefficient (Wildman–Crippen LogP) is 2.27. The number of benzene rings is 2. The molecule has 1 aliphatic rings. The van der Waals surface area contributed by atoms with Crippen LogP contribution in [0.5, 0.6) is 17.2 Å². The highest BCUT2D eigenvalue weighted by Crippen LogP contribution is 2.32. The van der Waals surface area contributed by atoms with Gasteiger partial charge in [-0.05, 0) is 36.2 Å². The van der Waals surface area contributed by atoms with Gasteiger partial charge in [0.05, 0.1) is 32.1 Å². The Morgan fingerprint density at radius 1 is 1.14 bits per heavy atom. The Hall–Kier alpha value is -2.94. The molecule has 1 aliphatic heterocycles. The number of methoxy groups -OCH3 is 2. The average molecular weight is 406 g/mol. The quantitative estimate of drug-likeness (QED) is 0.763. The minimum absolute atomic E-state index is 0.211. The Morgan fingerprint density at radius 3 is 2.61 bits per heavy atom. The summed E-state index contributed by atoms with van der Waals surface area (Å²) in [6.45, 7) is 0.247. The normalized spacial score (nSPS) is 15.8. The SMILES string of the molecule is COc1ccc2c(c1)OC[C@@H](C(=O)Nc1ccc(OC)c(NS(C)(=O)=O)c1)C2. The van der Waals surface area contributed by atoms with Crippen LogP contribution in [-0.4, -0.2) is 41.4 Å². The van der Waals surface area contributed by atoms with Crippen molar-refractivity contribution in [2.24, 2.45) is 5.92 Å². The molecule has 2 aromatic carbocycles. The molecule has 1 amide bonds. The molecule has 1 heterocycles. The summed E-state index contributed by atoms with van der Waals surface area (Å²) in [5.41, 5.74) is 1.64. The molecule has 0 unspecified atom stereocenters. The fourth-order valence-electron chi connectivity index (χ4n) is 2.96. The van der Waals surface area contributed by atoms with Crippen molar-refractivity contribution in [1.29, 1.82) is 0 Å². The molecule has 0 saturated heterocycles.